The Morgan fingerprint density at radius 1 is 1.23 bits per heavy atom. The van der Waals surface area contributed by atoms with Crippen LogP contribution in [0, 0.1) is 19.8 Å². The van der Waals surface area contributed by atoms with Gasteiger partial charge in [0, 0.05) is 31.6 Å². The SMILES string of the molecule is Cc1sc2nc(CN3CCOCC3)nc(N(C)CC3CC(O)C3)c2c1C. The second-order valence-corrected chi connectivity index (χ2v) is 8.89. The molecule has 2 aromatic rings. The van der Waals surface area contributed by atoms with Gasteiger partial charge in [-0.1, -0.05) is 0 Å². The first-order chi connectivity index (χ1) is 12.5. The van der Waals surface area contributed by atoms with Crippen LogP contribution in [-0.2, 0) is 11.3 Å². The number of nitrogens with zero attached hydrogens (tertiary/aromatic N) is 4. The summed E-state index contributed by atoms with van der Waals surface area (Å²) in [6, 6.07) is 0. The second kappa shape index (κ2) is 7.38. The molecule has 26 heavy (non-hydrogen) atoms. The van der Waals surface area contributed by atoms with Crippen molar-refractivity contribution in [2.45, 2.75) is 39.3 Å². The van der Waals surface area contributed by atoms with Crippen molar-refractivity contribution in [3.05, 3.63) is 16.3 Å². The van der Waals surface area contributed by atoms with Gasteiger partial charge in [0.2, 0.25) is 0 Å². The van der Waals surface area contributed by atoms with Crippen LogP contribution in [0.25, 0.3) is 10.2 Å². The molecule has 2 aromatic heterocycles. The molecule has 1 saturated heterocycles. The summed E-state index contributed by atoms with van der Waals surface area (Å²) in [6.45, 7) is 9.50. The Morgan fingerprint density at radius 2 is 1.96 bits per heavy atom. The fraction of sp³-hybridized carbons (Fsp3) is 0.684. The third-order valence-electron chi connectivity index (χ3n) is 5.63. The molecule has 1 aliphatic carbocycles. The van der Waals surface area contributed by atoms with Crippen molar-refractivity contribution in [2.24, 2.45) is 5.92 Å². The molecule has 6 nitrogen and oxygen atoms in total. The van der Waals surface area contributed by atoms with Gasteiger partial charge in [0.15, 0.2) is 0 Å². The zero-order chi connectivity index (χ0) is 18.3. The van der Waals surface area contributed by atoms with Gasteiger partial charge in [-0.15, -0.1) is 11.3 Å². The summed E-state index contributed by atoms with van der Waals surface area (Å²) in [7, 11) is 2.12. The smallest absolute Gasteiger partial charge is 0.146 e. The van der Waals surface area contributed by atoms with Crippen molar-refractivity contribution in [1.82, 2.24) is 14.9 Å². The molecule has 7 heteroatoms. The van der Waals surface area contributed by atoms with Gasteiger partial charge in [0.05, 0.1) is 31.2 Å². The molecule has 1 saturated carbocycles. The van der Waals surface area contributed by atoms with E-state index in [9.17, 15) is 5.11 Å². The molecule has 3 heterocycles. The van der Waals surface area contributed by atoms with Gasteiger partial charge in [-0.25, -0.2) is 9.97 Å². The minimum atomic E-state index is -0.110. The van der Waals surface area contributed by atoms with Crippen LogP contribution in [0.2, 0.25) is 0 Å². The normalized spacial score (nSPS) is 24.0. The van der Waals surface area contributed by atoms with Gasteiger partial charge in [-0.05, 0) is 38.2 Å². The first kappa shape index (κ1) is 18.1. The zero-order valence-electron chi connectivity index (χ0n) is 15.9. The summed E-state index contributed by atoms with van der Waals surface area (Å²) in [4.78, 5) is 16.9. The highest BCUT2D eigenvalue weighted by atomic mass is 32.1. The van der Waals surface area contributed by atoms with Gasteiger partial charge in [-0.3, -0.25) is 4.90 Å². The lowest BCUT2D eigenvalue weighted by molar-refractivity contribution is 0.0331. The van der Waals surface area contributed by atoms with E-state index in [0.29, 0.717) is 5.92 Å². The van der Waals surface area contributed by atoms with Crippen molar-refractivity contribution in [2.75, 3.05) is 44.8 Å². The van der Waals surface area contributed by atoms with Crippen molar-refractivity contribution >= 4 is 27.4 Å². The highest BCUT2D eigenvalue weighted by Crippen LogP contribution is 2.36. The molecule has 1 N–H and O–H groups in total. The number of aliphatic hydroxyl groups is 1. The molecule has 1 aliphatic heterocycles. The molecule has 0 bridgehead atoms. The molecule has 0 amide bonds. The van der Waals surface area contributed by atoms with Gasteiger partial charge >= 0.3 is 0 Å². The Bertz CT molecular complexity index is 781. The predicted octanol–water partition coefficient (Wildman–Crippen LogP) is 2.35. The summed E-state index contributed by atoms with van der Waals surface area (Å²) >= 11 is 1.76. The van der Waals surface area contributed by atoms with Crippen molar-refractivity contribution in [3.63, 3.8) is 0 Å². The second-order valence-electron chi connectivity index (χ2n) is 7.69. The number of aliphatic hydroxyl groups excluding tert-OH is 1. The van der Waals surface area contributed by atoms with Crippen LogP contribution in [-0.4, -0.2) is 66.0 Å². The van der Waals surface area contributed by atoms with Gasteiger partial charge in [0.1, 0.15) is 16.5 Å². The number of thiophene rings is 1. The first-order valence-corrected chi connectivity index (χ1v) is 10.3. The van der Waals surface area contributed by atoms with E-state index in [0.717, 1.165) is 68.7 Å². The Kier molecular flexibility index (Phi) is 5.14. The number of aryl methyl sites for hydroxylation is 2. The standard InChI is InChI=1S/C19H28N4O2S/c1-12-13(2)26-19-17(12)18(22(3)10-14-8-15(24)9-14)20-16(21-19)11-23-4-6-25-7-5-23/h14-15,24H,4-11H2,1-3H3. The fourth-order valence-corrected chi connectivity index (χ4v) is 4.94. The van der Waals surface area contributed by atoms with Gasteiger partial charge < -0.3 is 14.7 Å². The van der Waals surface area contributed by atoms with E-state index in [1.165, 1.54) is 15.8 Å². The molecule has 0 unspecified atom stereocenters. The molecule has 0 aromatic carbocycles. The summed E-state index contributed by atoms with van der Waals surface area (Å²) in [5, 5.41) is 10.8. The van der Waals surface area contributed by atoms with Crippen LogP contribution in [0.5, 0.6) is 0 Å². The summed E-state index contributed by atoms with van der Waals surface area (Å²) in [5.41, 5.74) is 1.29. The number of aromatic nitrogens is 2. The van der Waals surface area contributed by atoms with E-state index in [-0.39, 0.29) is 6.10 Å². The molecule has 2 fully saturated rings. The lowest BCUT2D eigenvalue weighted by atomic mass is 9.82. The topological polar surface area (TPSA) is 61.7 Å². The van der Waals surface area contributed by atoms with Crippen molar-refractivity contribution in [1.29, 1.82) is 0 Å². The van der Waals surface area contributed by atoms with E-state index >= 15 is 0 Å². The number of fused-ring (bicyclic) bond motifs is 1. The van der Waals surface area contributed by atoms with E-state index in [4.69, 9.17) is 14.7 Å². The highest BCUT2D eigenvalue weighted by molar-refractivity contribution is 7.18. The Balaban J connectivity index is 1.63. The molecule has 0 radical (unpaired) electrons. The molecule has 0 atom stereocenters. The average molecular weight is 377 g/mol. The fourth-order valence-electron chi connectivity index (χ4n) is 3.90. The van der Waals surface area contributed by atoms with Crippen molar-refractivity contribution in [3.8, 4) is 0 Å². The Hall–Kier alpha value is -1.28. The van der Waals surface area contributed by atoms with E-state index in [2.05, 4.69) is 30.7 Å². The van der Waals surface area contributed by atoms with Crippen LogP contribution in [0.4, 0.5) is 5.82 Å². The van der Waals surface area contributed by atoms with Gasteiger partial charge in [-0.2, -0.15) is 0 Å². The molecular weight excluding hydrogens is 348 g/mol. The number of hydrogen-bond donors (Lipinski definition) is 1. The lowest BCUT2D eigenvalue weighted by Gasteiger charge is -2.35. The van der Waals surface area contributed by atoms with E-state index in [1.54, 1.807) is 11.3 Å². The third-order valence-corrected chi connectivity index (χ3v) is 6.73. The van der Waals surface area contributed by atoms with Crippen LogP contribution in [0.3, 0.4) is 0 Å². The minimum absolute atomic E-state index is 0.110. The van der Waals surface area contributed by atoms with Crippen LogP contribution in [0.1, 0.15) is 29.1 Å². The zero-order valence-corrected chi connectivity index (χ0v) is 16.7. The maximum absolute atomic E-state index is 9.59. The highest BCUT2D eigenvalue weighted by Gasteiger charge is 2.29. The molecular formula is C19H28N4O2S. The first-order valence-electron chi connectivity index (χ1n) is 9.47. The Morgan fingerprint density at radius 3 is 2.65 bits per heavy atom. The van der Waals surface area contributed by atoms with Gasteiger partial charge in [0.25, 0.3) is 0 Å². The minimum Gasteiger partial charge on any atom is -0.393 e. The number of anilines is 1. The third kappa shape index (κ3) is 3.58. The summed E-state index contributed by atoms with van der Waals surface area (Å²) in [6.07, 6.45) is 1.70. The lowest BCUT2D eigenvalue weighted by Crippen LogP contribution is -2.38. The van der Waals surface area contributed by atoms with Crippen LogP contribution in [0.15, 0.2) is 0 Å². The molecule has 0 spiro atoms. The van der Waals surface area contributed by atoms with E-state index in [1.807, 2.05) is 0 Å². The number of rotatable bonds is 5. The van der Waals surface area contributed by atoms with Crippen molar-refractivity contribution < 1.29 is 9.84 Å². The van der Waals surface area contributed by atoms with E-state index < -0.39 is 0 Å². The molecule has 142 valence electrons. The Labute approximate surface area is 158 Å². The van der Waals surface area contributed by atoms with Crippen LogP contribution < -0.4 is 4.90 Å². The predicted molar refractivity (Wildman–Crippen MR) is 105 cm³/mol. The summed E-state index contributed by atoms with van der Waals surface area (Å²) in [5.74, 6) is 2.50. The number of ether oxygens (including phenoxy) is 1. The average Bonchev–Trinajstić information content (AvgIpc) is 2.88. The quantitative estimate of drug-likeness (QED) is 0.864. The monoisotopic (exact) mass is 376 g/mol. The maximum Gasteiger partial charge on any atom is 0.146 e. The number of hydrogen-bond acceptors (Lipinski definition) is 7. The molecule has 4 rings (SSSR count). The molecule has 2 aliphatic rings. The maximum atomic E-state index is 9.59. The van der Waals surface area contributed by atoms with Crippen LogP contribution >= 0.6 is 11.3 Å². The largest absolute Gasteiger partial charge is 0.393 e. The summed E-state index contributed by atoms with van der Waals surface area (Å²) < 4.78 is 5.45. The number of morpholine rings is 1.